The fraction of sp³-hybridized carbons (Fsp3) is 0.407. The van der Waals surface area contributed by atoms with Crippen LogP contribution in [0.3, 0.4) is 0 Å². The van der Waals surface area contributed by atoms with Crippen LogP contribution in [-0.4, -0.2) is 89.8 Å². The van der Waals surface area contributed by atoms with Crippen LogP contribution in [0.1, 0.15) is 23.7 Å². The maximum atomic E-state index is 13.9. The van der Waals surface area contributed by atoms with E-state index in [-0.39, 0.29) is 10.6 Å². The lowest BCUT2D eigenvalue weighted by Gasteiger charge is -2.37. The first kappa shape index (κ1) is 27.4. The summed E-state index contributed by atoms with van der Waals surface area (Å²) in [4.78, 5) is 34.2. The van der Waals surface area contributed by atoms with Gasteiger partial charge in [0.25, 0.3) is 0 Å². The van der Waals surface area contributed by atoms with Crippen molar-refractivity contribution < 1.29 is 14.3 Å². The summed E-state index contributed by atoms with van der Waals surface area (Å²) in [6.07, 6.45) is 2.45. The molecule has 1 aromatic carbocycles. The monoisotopic (exact) mass is 573 g/mol. The number of carbonyl (C=O) groups is 1. The third kappa shape index (κ3) is 6.18. The van der Waals surface area contributed by atoms with E-state index in [9.17, 15) is 14.3 Å². The van der Waals surface area contributed by atoms with Crippen LogP contribution < -0.4 is 14.7 Å². The van der Waals surface area contributed by atoms with E-state index in [4.69, 9.17) is 33.2 Å². The molecule has 0 amide bonds. The van der Waals surface area contributed by atoms with Gasteiger partial charge in [-0.25, -0.2) is 19.2 Å². The van der Waals surface area contributed by atoms with Crippen molar-refractivity contribution in [2.45, 2.75) is 13.3 Å². The van der Waals surface area contributed by atoms with Gasteiger partial charge in [0.15, 0.2) is 0 Å². The number of carboxylic acid groups (broad SMARTS) is 1. The molecule has 0 atom stereocenters. The standard InChI is InChI=1S/C27H30Cl2FN7O2/c1-2-5-34-6-8-37(9-7-34)27-32-23(18-3-4-22(30)20(28)14-18)16-24(33-27)35-10-12-36(13-11-35)25-21(29)15-19(17-31-25)26(38)39/h3-4,14-17H,2,5-13H2,1H3,(H,38,39). The fourth-order valence-electron chi connectivity index (χ4n) is 4.94. The van der Waals surface area contributed by atoms with E-state index >= 15 is 0 Å². The summed E-state index contributed by atoms with van der Waals surface area (Å²) in [5.74, 6) is 0.463. The highest BCUT2D eigenvalue weighted by Crippen LogP contribution is 2.30. The number of hydrogen-bond donors (Lipinski definition) is 1. The summed E-state index contributed by atoms with van der Waals surface area (Å²) in [5, 5.41) is 9.56. The average Bonchev–Trinajstić information content (AvgIpc) is 2.95. The van der Waals surface area contributed by atoms with E-state index in [1.54, 1.807) is 12.1 Å². The second-order valence-corrected chi connectivity index (χ2v) is 10.5. The van der Waals surface area contributed by atoms with Gasteiger partial charge in [0.05, 0.1) is 21.3 Å². The second-order valence-electron chi connectivity index (χ2n) is 9.68. The summed E-state index contributed by atoms with van der Waals surface area (Å²) < 4.78 is 13.9. The van der Waals surface area contributed by atoms with Gasteiger partial charge in [-0.1, -0.05) is 30.1 Å². The van der Waals surface area contributed by atoms with Crippen LogP contribution in [0, 0.1) is 5.82 Å². The minimum Gasteiger partial charge on any atom is -0.478 e. The molecule has 2 saturated heterocycles. The third-order valence-electron chi connectivity index (χ3n) is 7.08. The van der Waals surface area contributed by atoms with Crippen LogP contribution in [0.5, 0.6) is 0 Å². The number of aromatic carboxylic acids is 1. The molecule has 5 rings (SSSR count). The highest BCUT2D eigenvalue weighted by molar-refractivity contribution is 6.33. The molecule has 4 heterocycles. The van der Waals surface area contributed by atoms with Crippen LogP contribution in [-0.2, 0) is 0 Å². The molecule has 206 valence electrons. The number of aromatic nitrogens is 3. The highest BCUT2D eigenvalue weighted by atomic mass is 35.5. The first-order chi connectivity index (χ1) is 18.8. The maximum Gasteiger partial charge on any atom is 0.337 e. The predicted octanol–water partition coefficient (Wildman–Crippen LogP) is 4.54. The molecule has 2 aliphatic heterocycles. The highest BCUT2D eigenvalue weighted by Gasteiger charge is 2.25. The number of carboxylic acids is 1. The van der Waals surface area contributed by atoms with Crippen LogP contribution in [0.15, 0.2) is 36.5 Å². The normalized spacial score (nSPS) is 16.6. The van der Waals surface area contributed by atoms with Gasteiger partial charge in [-0.2, -0.15) is 4.98 Å². The summed E-state index contributed by atoms with van der Waals surface area (Å²) in [5.41, 5.74) is 1.47. The summed E-state index contributed by atoms with van der Waals surface area (Å²) in [7, 11) is 0. The zero-order valence-electron chi connectivity index (χ0n) is 21.7. The van der Waals surface area contributed by atoms with Crippen LogP contribution in [0.25, 0.3) is 11.3 Å². The molecule has 9 nitrogen and oxygen atoms in total. The van der Waals surface area contributed by atoms with Crippen molar-refractivity contribution >= 4 is 46.8 Å². The second kappa shape index (κ2) is 11.9. The Morgan fingerprint density at radius 3 is 2.26 bits per heavy atom. The lowest BCUT2D eigenvalue weighted by Crippen LogP contribution is -2.48. The lowest BCUT2D eigenvalue weighted by molar-refractivity contribution is 0.0696. The molecule has 12 heteroatoms. The lowest BCUT2D eigenvalue weighted by atomic mass is 10.1. The zero-order chi connectivity index (χ0) is 27.5. The van der Waals surface area contributed by atoms with E-state index in [1.165, 1.54) is 18.3 Å². The number of nitrogens with zero attached hydrogens (tertiary/aromatic N) is 7. The summed E-state index contributed by atoms with van der Waals surface area (Å²) >= 11 is 12.5. The Kier molecular flexibility index (Phi) is 8.34. The van der Waals surface area contributed by atoms with E-state index in [0.717, 1.165) is 50.5 Å². The van der Waals surface area contributed by atoms with E-state index in [1.807, 2.05) is 11.0 Å². The first-order valence-electron chi connectivity index (χ1n) is 13.0. The number of piperazine rings is 2. The van der Waals surface area contributed by atoms with Gasteiger partial charge in [0.1, 0.15) is 17.5 Å². The molecule has 0 radical (unpaired) electrons. The number of benzene rings is 1. The van der Waals surface area contributed by atoms with Gasteiger partial charge in [0, 0.05) is 70.2 Å². The van der Waals surface area contributed by atoms with E-state index in [0.29, 0.717) is 48.7 Å². The molecule has 0 spiro atoms. The molecule has 39 heavy (non-hydrogen) atoms. The largest absolute Gasteiger partial charge is 0.478 e. The number of anilines is 3. The molecule has 2 aromatic heterocycles. The molecule has 2 fully saturated rings. The van der Waals surface area contributed by atoms with Crippen LogP contribution in [0.4, 0.5) is 22.0 Å². The molecule has 0 aliphatic carbocycles. The molecule has 3 aromatic rings. The predicted molar refractivity (Wildman–Crippen MR) is 152 cm³/mol. The van der Waals surface area contributed by atoms with Gasteiger partial charge >= 0.3 is 5.97 Å². The Hall–Kier alpha value is -3.21. The zero-order valence-corrected chi connectivity index (χ0v) is 23.2. The number of halogens is 3. The van der Waals surface area contributed by atoms with Gasteiger partial charge in [-0.05, 0) is 37.2 Å². The van der Waals surface area contributed by atoms with Crippen molar-refractivity contribution in [1.82, 2.24) is 19.9 Å². The Labute approximate surface area is 236 Å². The quantitative estimate of drug-likeness (QED) is 0.437. The van der Waals surface area contributed by atoms with Gasteiger partial charge in [-0.3, -0.25) is 4.90 Å². The molecular formula is C27H30Cl2FN7O2. The van der Waals surface area contributed by atoms with Crippen molar-refractivity contribution in [3.63, 3.8) is 0 Å². The van der Waals surface area contributed by atoms with Gasteiger partial charge in [0.2, 0.25) is 5.95 Å². The third-order valence-corrected chi connectivity index (χ3v) is 7.65. The minimum atomic E-state index is -1.06. The van der Waals surface area contributed by atoms with Crippen LogP contribution in [0.2, 0.25) is 10.0 Å². The van der Waals surface area contributed by atoms with Crippen molar-refractivity contribution in [2.24, 2.45) is 0 Å². The Bertz CT molecular complexity index is 1350. The Morgan fingerprint density at radius 2 is 1.62 bits per heavy atom. The molecule has 0 bridgehead atoms. The van der Waals surface area contributed by atoms with Crippen molar-refractivity contribution in [3.05, 3.63) is 58.0 Å². The van der Waals surface area contributed by atoms with Crippen molar-refractivity contribution in [3.8, 4) is 11.3 Å². The molecule has 2 aliphatic rings. The first-order valence-corrected chi connectivity index (χ1v) is 13.8. The topological polar surface area (TPSA) is 88.9 Å². The smallest absolute Gasteiger partial charge is 0.337 e. The summed E-state index contributed by atoms with van der Waals surface area (Å²) in [6, 6.07) is 7.98. The van der Waals surface area contributed by atoms with Crippen molar-refractivity contribution in [1.29, 1.82) is 0 Å². The number of hydrogen-bond acceptors (Lipinski definition) is 8. The number of rotatable bonds is 7. The van der Waals surface area contributed by atoms with Crippen molar-refractivity contribution in [2.75, 3.05) is 73.6 Å². The minimum absolute atomic E-state index is 0.0503. The van der Waals surface area contributed by atoms with Gasteiger partial charge < -0.3 is 19.8 Å². The van der Waals surface area contributed by atoms with Gasteiger partial charge in [-0.15, -0.1) is 0 Å². The average molecular weight is 574 g/mol. The summed E-state index contributed by atoms with van der Waals surface area (Å²) in [6.45, 7) is 9.40. The fourth-order valence-corrected chi connectivity index (χ4v) is 5.41. The molecule has 0 unspecified atom stereocenters. The maximum absolute atomic E-state index is 13.9. The molecular weight excluding hydrogens is 544 g/mol. The molecule has 0 saturated carbocycles. The molecule has 1 N–H and O–H groups in total. The Balaban J connectivity index is 1.39. The SMILES string of the molecule is CCCN1CCN(c2nc(-c3ccc(F)c(Cl)c3)cc(N3CCN(c4ncc(C(=O)O)cc4Cl)CC3)n2)CC1. The number of pyridine rings is 1. The Morgan fingerprint density at radius 1 is 0.923 bits per heavy atom. The van der Waals surface area contributed by atoms with E-state index in [2.05, 4.69) is 26.6 Å². The van der Waals surface area contributed by atoms with E-state index < -0.39 is 11.8 Å². The van der Waals surface area contributed by atoms with Crippen LogP contribution >= 0.6 is 23.2 Å².